The smallest absolute Gasteiger partial charge is 0.282 e. The summed E-state index contributed by atoms with van der Waals surface area (Å²) in [6.45, 7) is -0.0770. The Kier molecular flexibility index (Phi) is 5.08. The number of fused-ring (bicyclic) bond motifs is 3. The molecule has 1 saturated carbocycles. The topological polar surface area (TPSA) is 114 Å². The van der Waals surface area contributed by atoms with Crippen molar-refractivity contribution >= 4 is 37.8 Å². The number of pyridine rings is 1. The number of hydrogen-bond donors (Lipinski definition) is 2. The summed E-state index contributed by atoms with van der Waals surface area (Å²) >= 11 is 0. The van der Waals surface area contributed by atoms with Crippen LogP contribution in [0, 0.1) is 5.82 Å². The van der Waals surface area contributed by atoms with E-state index in [0.717, 1.165) is 5.39 Å². The Balaban J connectivity index is 1.70. The van der Waals surface area contributed by atoms with E-state index in [1.54, 1.807) is 48.5 Å². The van der Waals surface area contributed by atoms with Gasteiger partial charge in [-0.25, -0.2) is 17.5 Å². The van der Waals surface area contributed by atoms with Crippen LogP contribution >= 0.6 is 0 Å². The van der Waals surface area contributed by atoms with E-state index in [4.69, 9.17) is 4.42 Å². The lowest BCUT2D eigenvalue weighted by Crippen LogP contribution is -2.35. The summed E-state index contributed by atoms with van der Waals surface area (Å²) in [5.74, 6) is -1.37. The standard InChI is InChI=1S/C26H20FN3O5S/c27-19-6-2-1-4-16(19)14-30-20-10-7-15-11-13-35-24(15)22(20)21(18-5-3-12-28-25(18)31)23(30)26(32)29-36(33,34)17-8-9-17/h1-7,10-13,17H,8-9,14H2,(H,28,31)(H,29,32). The predicted molar refractivity (Wildman–Crippen MR) is 133 cm³/mol. The molecule has 0 aliphatic heterocycles. The summed E-state index contributed by atoms with van der Waals surface area (Å²) in [6.07, 6.45) is 3.90. The van der Waals surface area contributed by atoms with Crippen molar-refractivity contribution in [2.75, 3.05) is 0 Å². The largest absolute Gasteiger partial charge is 0.464 e. The van der Waals surface area contributed by atoms with E-state index < -0.39 is 32.6 Å². The maximum absolute atomic E-state index is 14.7. The number of rotatable bonds is 6. The second-order valence-corrected chi connectivity index (χ2v) is 10.7. The number of aromatic nitrogens is 2. The van der Waals surface area contributed by atoms with Crippen LogP contribution in [0.5, 0.6) is 0 Å². The number of furan rings is 1. The Hall–Kier alpha value is -4.18. The Bertz CT molecular complexity index is 1830. The van der Waals surface area contributed by atoms with Gasteiger partial charge >= 0.3 is 0 Å². The number of H-pyrrole nitrogens is 1. The van der Waals surface area contributed by atoms with Crippen LogP contribution in [0.1, 0.15) is 28.9 Å². The number of aromatic amines is 1. The maximum atomic E-state index is 14.7. The molecule has 0 atom stereocenters. The van der Waals surface area contributed by atoms with E-state index in [9.17, 15) is 22.4 Å². The summed E-state index contributed by atoms with van der Waals surface area (Å²) in [5.41, 5.74) is 1.05. The maximum Gasteiger partial charge on any atom is 0.282 e. The van der Waals surface area contributed by atoms with E-state index in [1.165, 1.54) is 23.1 Å². The first-order valence-electron chi connectivity index (χ1n) is 11.3. The zero-order valence-electron chi connectivity index (χ0n) is 18.8. The SMILES string of the molecule is O=C(NS(=O)(=O)C1CC1)c1c(-c2ccc[nH]c2=O)c2c3occc3ccc2n1Cc1ccccc1F. The zero-order chi connectivity index (χ0) is 25.0. The van der Waals surface area contributed by atoms with Gasteiger partial charge in [-0.1, -0.05) is 18.2 Å². The highest BCUT2D eigenvalue weighted by atomic mass is 32.2. The molecular weight excluding hydrogens is 485 g/mol. The minimum Gasteiger partial charge on any atom is -0.464 e. The number of amides is 1. The van der Waals surface area contributed by atoms with Crippen molar-refractivity contribution in [3.63, 3.8) is 0 Å². The van der Waals surface area contributed by atoms with E-state index in [-0.39, 0.29) is 23.4 Å². The molecular formula is C26H20FN3O5S. The van der Waals surface area contributed by atoms with Crippen LogP contribution in [0.25, 0.3) is 33.0 Å². The fraction of sp³-hybridized carbons (Fsp3) is 0.154. The van der Waals surface area contributed by atoms with E-state index in [2.05, 4.69) is 9.71 Å². The lowest BCUT2D eigenvalue weighted by Gasteiger charge is -2.13. The third-order valence-electron chi connectivity index (χ3n) is 6.43. The molecule has 1 aliphatic carbocycles. The molecule has 5 aromatic rings. The molecule has 2 aromatic carbocycles. The predicted octanol–water partition coefficient (Wildman–Crippen LogP) is 4.15. The monoisotopic (exact) mass is 505 g/mol. The number of nitrogens with zero attached hydrogens (tertiary/aromatic N) is 1. The number of benzene rings is 2. The highest BCUT2D eigenvalue weighted by molar-refractivity contribution is 7.91. The van der Waals surface area contributed by atoms with Crippen LogP contribution in [0.3, 0.4) is 0 Å². The average molecular weight is 506 g/mol. The third-order valence-corrected chi connectivity index (χ3v) is 8.25. The van der Waals surface area contributed by atoms with Gasteiger partial charge in [-0.15, -0.1) is 0 Å². The molecule has 8 nitrogen and oxygen atoms in total. The van der Waals surface area contributed by atoms with Crippen LogP contribution in [-0.4, -0.2) is 29.1 Å². The zero-order valence-corrected chi connectivity index (χ0v) is 19.6. The molecule has 1 fully saturated rings. The van der Waals surface area contributed by atoms with Crippen molar-refractivity contribution in [3.05, 3.63) is 94.5 Å². The number of hydrogen-bond acceptors (Lipinski definition) is 5. The summed E-state index contributed by atoms with van der Waals surface area (Å²) in [5, 5.41) is 0.558. The molecule has 182 valence electrons. The van der Waals surface area contributed by atoms with Gasteiger partial charge in [0.1, 0.15) is 17.1 Å². The minimum atomic E-state index is -3.91. The molecule has 0 radical (unpaired) electrons. The third kappa shape index (κ3) is 3.61. The lowest BCUT2D eigenvalue weighted by atomic mass is 10.0. The summed E-state index contributed by atoms with van der Waals surface area (Å²) in [6, 6.07) is 14.6. The normalized spacial score (nSPS) is 13.9. The summed E-state index contributed by atoms with van der Waals surface area (Å²) in [4.78, 5) is 29.2. The Morgan fingerprint density at radius 1 is 1.11 bits per heavy atom. The van der Waals surface area contributed by atoms with Crippen molar-refractivity contribution in [1.29, 1.82) is 0 Å². The van der Waals surface area contributed by atoms with Gasteiger partial charge in [0.05, 0.1) is 34.5 Å². The van der Waals surface area contributed by atoms with Crippen LogP contribution in [0.4, 0.5) is 4.39 Å². The minimum absolute atomic E-state index is 0.0712. The van der Waals surface area contributed by atoms with Gasteiger partial charge in [-0.05, 0) is 49.2 Å². The molecule has 0 bridgehead atoms. The molecule has 2 N–H and O–H groups in total. The summed E-state index contributed by atoms with van der Waals surface area (Å²) in [7, 11) is -3.91. The molecule has 1 aliphatic rings. The van der Waals surface area contributed by atoms with Crippen molar-refractivity contribution in [2.24, 2.45) is 0 Å². The number of carbonyl (C=O) groups excluding carboxylic acids is 1. The van der Waals surface area contributed by atoms with Gasteiger partial charge in [0.2, 0.25) is 10.0 Å². The molecule has 6 rings (SSSR count). The molecule has 0 saturated heterocycles. The van der Waals surface area contributed by atoms with E-state index in [0.29, 0.717) is 34.9 Å². The average Bonchev–Trinajstić information content (AvgIpc) is 3.53. The quantitative estimate of drug-likeness (QED) is 0.360. The Morgan fingerprint density at radius 2 is 1.92 bits per heavy atom. The first kappa shape index (κ1) is 22.3. The lowest BCUT2D eigenvalue weighted by molar-refractivity contribution is 0.0974. The van der Waals surface area contributed by atoms with Crippen molar-refractivity contribution < 1.29 is 22.0 Å². The first-order chi connectivity index (χ1) is 17.3. The van der Waals surface area contributed by atoms with Gasteiger partial charge in [-0.2, -0.15) is 0 Å². The molecule has 36 heavy (non-hydrogen) atoms. The highest BCUT2D eigenvalue weighted by Gasteiger charge is 2.38. The van der Waals surface area contributed by atoms with Crippen LogP contribution < -0.4 is 10.3 Å². The number of sulfonamides is 1. The van der Waals surface area contributed by atoms with Gasteiger partial charge < -0.3 is 14.0 Å². The fourth-order valence-electron chi connectivity index (χ4n) is 4.58. The van der Waals surface area contributed by atoms with Crippen LogP contribution in [0.2, 0.25) is 0 Å². The molecule has 0 unspecified atom stereocenters. The second-order valence-electron chi connectivity index (χ2n) is 8.79. The fourth-order valence-corrected chi connectivity index (χ4v) is 5.86. The van der Waals surface area contributed by atoms with Gasteiger partial charge in [-0.3, -0.25) is 9.59 Å². The Labute approximate surface area is 204 Å². The molecule has 0 spiro atoms. The molecule has 3 heterocycles. The number of nitrogens with one attached hydrogen (secondary N) is 2. The van der Waals surface area contributed by atoms with E-state index in [1.807, 2.05) is 0 Å². The van der Waals surface area contributed by atoms with E-state index >= 15 is 0 Å². The van der Waals surface area contributed by atoms with Crippen LogP contribution in [-0.2, 0) is 16.6 Å². The van der Waals surface area contributed by atoms with Crippen molar-refractivity contribution in [3.8, 4) is 11.1 Å². The summed E-state index contributed by atoms with van der Waals surface area (Å²) < 4.78 is 49.6. The Morgan fingerprint density at radius 3 is 2.67 bits per heavy atom. The van der Waals surface area contributed by atoms with Crippen molar-refractivity contribution in [2.45, 2.75) is 24.6 Å². The van der Waals surface area contributed by atoms with Gasteiger partial charge in [0, 0.05) is 22.7 Å². The second kappa shape index (κ2) is 8.20. The first-order valence-corrected chi connectivity index (χ1v) is 12.9. The number of halogens is 1. The highest BCUT2D eigenvalue weighted by Crippen LogP contribution is 2.39. The molecule has 1 amide bonds. The number of carbonyl (C=O) groups is 1. The van der Waals surface area contributed by atoms with Gasteiger partial charge in [0.25, 0.3) is 11.5 Å². The van der Waals surface area contributed by atoms with Crippen LogP contribution in [0.15, 0.2) is 76.3 Å². The van der Waals surface area contributed by atoms with Crippen molar-refractivity contribution in [1.82, 2.24) is 14.3 Å². The molecule has 3 aromatic heterocycles. The van der Waals surface area contributed by atoms with Gasteiger partial charge in [0.15, 0.2) is 0 Å². The molecule has 10 heteroatoms.